The molecule has 1 heterocycles. The molecule has 130 valence electrons. The lowest BCUT2D eigenvalue weighted by molar-refractivity contribution is -0.148. The van der Waals surface area contributed by atoms with Gasteiger partial charge in [0, 0.05) is 19.2 Å². The number of hydrogen-bond acceptors (Lipinski definition) is 4. The molecule has 1 amide bonds. The number of piperidine rings is 1. The van der Waals surface area contributed by atoms with E-state index in [1.54, 1.807) is 17.1 Å². The highest BCUT2D eigenvalue weighted by atomic mass is 16.5. The number of hydrogen-bond donors (Lipinski definition) is 0. The van der Waals surface area contributed by atoms with Gasteiger partial charge < -0.3 is 14.4 Å². The van der Waals surface area contributed by atoms with E-state index in [0.29, 0.717) is 25.9 Å². The van der Waals surface area contributed by atoms with Gasteiger partial charge in [0.25, 0.3) is 0 Å². The summed E-state index contributed by atoms with van der Waals surface area (Å²) in [5.41, 5.74) is 0.922. The molecule has 0 bridgehead atoms. The van der Waals surface area contributed by atoms with Gasteiger partial charge in [-0.3, -0.25) is 9.59 Å². The minimum absolute atomic E-state index is 0.0338. The summed E-state index contributed by atoms with van der Waals surface area (Å²) in [5, 5.41) is 0. The molecule has 0 aromatic heterocycles. The third-order valence-electron chi connectivity index (χ3n) is 3.99. The summed E-state index contributed by atoms with van der Waals surface area (Å²) in [6, 6.07) is 7.65. The van der Waals surface area contributed by atoms with Crippen LogP contribution in [-0.2, 0) is 14.3 Å². The highest BCUT2D eigenvalue weighted by Gasteiger charge is 2.26. The van der Waals surface area contributed by atoms with Crippen LogP contribution < -0.4 is 4.74 Å². The van der Waals surface area contributed by atoms with E-state index in [1.165, 1.54) is 7.11 Å². The predicted octanol–water partition coefficient (Wildman–Crippen LogP) is 2.90. The van der Waals surface area contributed by atoms with E-state index in [1.807, 2.05) is 38.1 Å². The van der Waals surface area contributed by atoms with E-state index in [4.69, 9.17) is 9.47 Å². The largest absolute Gasteiger partial charge is 0.491 e. The number of ether oxygens (including phenoxy) is 2. The Balaban J connectivity index is 1.90. The molecule has 0 aliphatic carbocycles. The van der Waals surface area contributed by atoms with Crippen molar-refractivity contribution in [2.24, 2.45) is 5.92 Å². The Bertz CT molecular complexity index is 601. The fraction of sp³-hybridized carbons (Fsp3) is 0.474. The summed E-state index contributed by atoms with van der Waals surface area (Å²) in [5.74, 6) is 0.486. The summed E-state index contributed by atoms with van der Waals surface area (Å²) >= 11 is 0. The van der Waals surface area contributed by atoms with Crippen LogP contribution >= 0.6 is 0 Å². The minimum Gasteiger partial charge on any atom is -0.491 e. The number of likely N-dealkylation sites (tertiary alicyclic amines) is 1. The van der Waals surface area contributed by atoms with Crippen molar-refractivity contribution in [1.82, 2.24) is 4.90 Å². The van der Waals surface area contributed by atoms with E-state index in [2.05, 4.69) is 0 Å². The van der Waals surface area contributed by atoms with E-state index >= 15 is 0 Å². The molecular weight excluding hydrogens is 306 g/mol. The van der Waals surface area contributed by atoms with Crippen LogP contribution in [0.2, 0.25) is 0 Å². The Morgan fingerprint density at radius 1 is 1.25 bits per heavy atom. The van der Waals surface area contributed by atoms with E-state index in [9.17, 15) is 9.59 Å². The third-order valence-corrected chi connectivity index (χ3v) is 3.99. The Labute approximate surface area is 143 Å². The summed E-state index contributed by atoms with van der Waals surface area (Å²) < 4.78 is 10.4. The summed E-state index contributed by atoms with van der Waals surface area (Å²) in [6.07, 6.45) is 4.80. The molecule has 1 aromatic rings. The highest BCUT2D eigenvalue weighted by Crippen LogP contribution is 2.19. The zero-order valence-electron chi connectivity index (χ0n) is 14.5. The fourth-order valence-electron chi connectivity index (χ4n) is 2.74. The lowest BCUT2D eigenvalue weighted by Crippen LogP contribution is -2.39. The van der Waals surface area contributed by atoms with Gasteiger partial charge in [0.1, 0.15) is 5.75 Å². The SMILES string of the molecule is COC(=O)C1CCN(C(=O)/C=C/c2cccc(OC(C)C)c2)CC1. The van der Waals surface area contributed by atoms with Crippen LogP contribution in [0.15, 0.2) is 30.3 Å². The Morgan fingerprint density at radius 3 is 2.58 bits per heavy atom. The number of methoxy groups -OCH3 is 1. The average molecular weight is 331 g/mol. The molecule has 1 saturated heterocycles. The van der Waals surface area contributed by atoms with Crippen LogP contribution in [0.3, 0.4) is 0 Å². The van der Waals surface area contributed by atoms with Gasteiger partial charge in [-0.2, -0.15) is 0 Å². The molecule has 0 atom stereocenters. The Morgan fingerprint density at radius 2 is 1.96 bits per heavy atom. The van der Waals surface area contributed by atoms with Gasteiger partial charge >= 0.3 is 5.97 Å². The average Bonchev–Trinajstić information content (AvgIpc) is 2.59. The van der Waals surface area contributed by atoms with Crippen LogP contribution in [0.4, 0.5) is 0 Å². The maximum Gasteiger partial charge on any atom is 0.308 e. The lowest BCUT2D eigenvalue weighted by Gasteiger charge is -2.29. The first-order valence-electron chi connectivity index (χ1n) is 8.31. The summed E-state index contributed by atoms with van der Waals surface area (Å²) in [6.45, 7) is 5.12. The van der Waals surface area contributed by atoms with Crippen molar-refractivity contribution in [2.75, 3.05) is 20.2 Å². The third kappa shape index (κ3) is 5.11. The van der Waals surface area contributed by atoms with Crippen LogP contribution in [0.1, 0.15) is 32.3 Å². The monoisotopic (exact) mass is 331 g/mol. The zero-order chi connectivity index (χ0) is 17.5. The van der Waals surface area contributed by atoms with Crippen molar-refractivity contribution >= 4 is 18.0 Å². The molecule has 0 spiro atoms. The zero-order valence-corrected chi connectivity index (χ0v) is 14.5. The molecule has 1 aliphatic heterocycles. The second-order valence-corrected chi connectivity index (χ2v) is 6.20. The van der Waals surface area contributed by atoms with E-state index < -0.39 is 0 Å². The molecule has 1 aromatic carbocycles. The van der Waals surface area contributed by atoms with Gasteiger partial charge in [0.05, 0.1) is 19.1 Å². The minimum atomic E-state index is -0.181. The van der Waals surface area contributed by atoms with Crippen molar-refractivity contribution in [3.8, 4) is 5.75 Å². The molecule has 1 aliphatic rings. The number of rotatable bonds is 5. The number of amides is 1. The Kier molecular flexibility index (Phi) is 6.41. The molecule has 2 rings (SSSR count). The van der Waals surface area contributed by atoms with Crippen molar-refractivity contribution in [2.45, 2.75) is 32.8 Å². The van der Waals surface area contributed by atoms with Crippen molar-refractivity contribution in [1.29, 1.82) is 0 Å². The summed E-state index contributed by atoms with van der Waals surface area (Å²) in [4.78, 5) is 25.6. The van der Waals surface area contributed by atoms with Crippen LogP contribution in [-0.4, -0.2) is 43.1 Å². The molecular formula is C19H25NO4. The van der Waals surface area contributed by atoms with Gasteiger partial charge in [-0.05, 0) is 50.5 Å². The molecule has 0 N–H and O–H groups in total. The maximum absolute atomic E-state index is 12.3. The topological polar surface area (TPSA) is 55.8 Å². The van der Waals surface area contributed by atoms with Crippen LogP contribution in [0, 0.1) is 5.92 Å². The van der Waals surface area contributed by atoms with Crippen LogP contribution in [0.25, 0.3) is 6.08 Å². The molecule has 1 fully saturated rings. The Hall–Kier alpha value is -2.30. The normalized spacial score (nSPS) is 15.8. The first kappa shape index (κ1) is 18.0. The van der Waals surface area contributed by atoms with Crippen molar-refractivity contribution < 1.29 is 19.1 Å². The predicted molar refractivity (Wildman–Crippen MR) is 92.6 cm³/mol. The number of benzene rings is 1. The van der Waals surface area contributed by atoms with E-state index in [-0.39, 0.29) is 23.9 Å². The number of carbonyl (C=O) groups is 2. The molecule has 5 heteroatoms. The number of nitrogens with zero attached hydrogens (tertiary/aromatic N) is 1. The molecule has 0 saturated carbocycles. The standard InChI is InChI=1S/C19H25NO4/c1-14(2)24-17-6-4-5-15(13-17)7-8-18(21)20-11-9-16(10-12-20)19(22)23-3/h4-8,13-14,16H,9-12H2,1-3H3/b8-7+. The van der Waals surface area contributed by atoms with Gasteiger partial charge in [-0.1, -0.05) is 12.1 Å². The van der Waals surface area contributed by atoms with Crippen molar-refractivity contribution in [3.63, 3.8) is 0 Å². The van der Waals surface area contributed by atoms with Gasteiger partial charge in [-0.15, -0.1) is 0 Å². The number of esters is 1. The van der Waals surface area contributed by atoms with Gasteiger partial charge in [0.15, 0.2) is 0 Å². The van der Waals surface area contributed by atoms with E-state index in [0.717, 1.165) is 11.3 Å². The van der Waals surface area contributed by atoms with Crippen molar-refractivity contribution in [3.05, 3.63) is 35.9 Å². The smallest absolute Gasteiger partial charge is 0.308 e. The quantitative estimate of drug-likeness (QED) is 0.615. The summed E-state index contributed by atoms with van der Waals surface area (Å²) in [7, 11) is 1.40. The number of carbonyl (C=O) groups excluding carboxylic acids is 2. The first-order valence-corrected chi connectivity index (χ1v) is 8.31. The highest BCUT2D eigenvalue weighted by molar-refractivity contribution is 5.92. The fourth-order valence-corrected chi connectivity index (χ4v) is 2.74. The lowest BCUT2D eigenvalue weighted by atomic mass is 9.97. The van der Waals surface area contributed by atoms with Crippen LogP contribution in [0.5, 0.6) is 5.75 Å². The molecule has 24 heavy (non-hydrogen) atoms. The maximum atomic E-state index is 12.3. The van der Waals surface area contributed by atoms with Gasteiger partial charge in [0.2, 0.25) is 5.91 Å². The first-order chi connectivity index (χ1) is 11.5. The molecule has 0 radical (unpaired) electrons. The molecule has 5 nitrogen and oxygen atoms in total. The second kappa shape index (κ2) is 8.52. The molecule has 0 unspecified atom stereocenters. The second-order valence-electron chi connectivity index (χ2n) is 6.20. The van der Waals surface area contributed by atoms with Gasteiger partial charge in [-0.25, -0.2) is 0 Å².